The normalized spacial score (nSPS) is 16.8. The van der Waals surface area contributed by atoms with Gasteiger partial charge in [-0.25, -0.2) is 0 Å². The molecule has 5 N–H and O–H groups in total. The first kappa shape index (κ1) is 29.6. The lowest BCUT2D eigenvalue weighted by molar-refractivity contribution is 0.371. The Labute approximate surface area is 289 Å². The number of aliphatic hydroxyl groups excluding tert-OH is 1. The molecule has 244 valence electrons. The second-order valence-electron chi connectivity index (χ2n) is 13.8. The molecule has 0 spiro atoms. The molecule has 9 heteroatoms. The molecule has 6 aromatic rings. The fraction of sp³-hybridized carbons (Fsp3) is 0.171. The summed E-state index contributed by atoms with van der Waals surface area (Å²) >= 11 is 0. The molecule has 50 heavy (non-hydrogen) atoms. The molecule has 0 bridgehead atoms. The SMILES string of the molecule is CN1CN(C)c2c3ccccc3cc3c(C4=C(O)C(c5c(N)cc6c7c(c8ccccc8cc57)N(C)CN6C)C4=C(C#N)C#N)c(N)cc1c23. The van der Waals surface area contributed by atoms with Crippen molar-refractivity contribution in [2.24, 2.45) is 0 Å². The second kappa shape index (κ2) is 10.2. The highest BCUT2D eigenvalue weighted by atomic mass is 16.3. The average molecular weight is 655 g/mol. The van der Waals surface area contributed by atoms with E-state index in [2.05, 4.69) is 82.2 Å². The number of hydrogen-bond donors (Lipinski definition) is 3. The molecule has 2 aliphatic heterocycles. The van der Waals surface area contributed by atoms with Gasteiger partial charge in [-0.2, -0.15) is 10.5 Å². The first-order valence-corrected chi connectivity index (χ1v) is 16.5. The zero-order valence-corrected chi connectivity index (χ0v) is 28.2. The Hall–Kier alpha value is -6.58. The molecule has 1 aliphatic carbocycles. The fourth-order valence-corrected chi connectivity index (χ4v) is 8.86. The Morgan fingerprint density at radius 2 is 1.18 bits per heavy atom. The monoisotopic (exact) mass is 654 g/mol. The van der Waals surface area contributed by atoms with E-state index in [9.17, 15) is 15.6 Å². The van der Waals surface area contributed by atoms with Crippen LogP contribution in [0.25, 0.3) is 48.7 Å². The van der Waals surface area contributed by atoms with E-state index in [-0.39, 0.29) is 11.3 Å². The van der Waals surface area contributed by atoms with Gasteiger partial charge in [-0.1, -0.05) is 48.5 Å². The van der Waals surface area contributed by atoms with E-state index in [1.54, 1.807) is 0 Å². The lowest BCUT2D eigenvalue weighted by atomic mass is 9.67. The number of allylic oxidation sites excluding steroid dienone is 3. The first-order chi connectivity index (χ1) is 24.1. The maximum atomic E-state index is 12.4. The Morgan fingerprint density at radius 3 is 1.74 bits per heavy atom. The Bertz CT molecular complexity index is 2680. The van der Waals surface area contributed by atoms with Crippen molar-refractivity contribution in [2.45, 2.75) is 5.92 Å². The molecular weight excluding hydrogens is 621 g/mol. The van der Waals surface area contributed by atoms with Gasteiger partial charge in [-0.05, 0) is 51.4 Å². The minimum absolute atomic E-state index is 0.0338. The van der Waals surface area contributed by atoms with Crippen molar-refractivity contribution in [1.29, 1.82) is 10.5 Å². The minimum Gasteiger partial charge on any atom is -0.511 e. The van der Waals surface area contributed by atoms with Gasteiger partial charge in [0.1, 0.15) is 23.5 Å². The second-order valence-corrected chi connectivity index (χ2v) is 13.8. The molecular formula is C41H34N8O. The van der Waals surface area contributed by atoms with Crippen LogP contribution in [0, 0.1) is 22.7 Å². The fourth-order valence-electron chi connectivity index (χ4n) is 8.86. The van der Waals surface area contributed by atoms with Gasteiger partial charge in [0.2, 0.25) is 0 Å². The number of hydrogen-bond acceptors (Lipinski definition) is 9. The number of rotatable bonds is 2. The van der Waals surface area contributed by atoms with Gasteiger partial charge in [0.15, 0.2) is 0 Å². The highest BCUT2D eigenvalue weighted by Gasteiger charge is 2.44. The molecule has 0 saturated carbocycles. The molecule has 1 atom stereocenters. The third-order valence-electron chi connectivity index (χ3n) is 10.9. The standard InChI is InChI=1S/C41H34N8O/c1-46-19-48(3)39-24-11-7-5-9-21(24)13-26-33(28(44)15-30(46)35(26)39)37-32(23(17-42)18-43)38(41(37)50)34-27-14-22-10-6-8-12-25(22)40-36(27)31(16-29(34)45)47(2)20-49(40)4/h5-16,37,50H,19-20,44-45H2,1-4H3. The maximum Gasteiger partial charge on any atom is 0.134 e. The van der Waals surface area contributed by atoms with Gasteiger partial charge in [0.25, 0.3) is 0 Å². The van der Waals surface area contributed by atoms with Gasteiger partial charge >= 0.3 is 0 Å². The van der Waals surface area contributed by atoms with E-state index in [0.29, 0.717) is 47.0 Å². The van der Waals surface area contributed by atoms with Crippen LogP contribution in [0.5, 0.6) is 0 Å². The lowest BCUT2D eigenvalue weighted by Crippen LogP contribution is -2.37. The van der Waals surface area contributed by atoms with Crippen LogP contribution in [-0.2, 0) is 0 Å². The molecule has 2 heterocycles. The molecule has 0 radical (unpaired) electrons. The van der Waals surface area contributed by atoms with E-state index in [4.69, 9.17) is 11.5 Å². The Kier molecular flexibility index (Phi) is 6.04. The van der Waals surface area contributed by atoms with E-state index in [1.807, 2.05) is 50.5 Å². The lowest BCUT2D eigenvalue weighted by Gasteiger charge is -2.40. The molecule has 1 unspecified atom stereocenters. The molecule has 0 amide bonds. The number of fused-ring (bicyclic) bond motifs is 4. The molecule has 3 aliphatic rings. The third-order valence-corrected chi connectivity index (χ3v) is 10.9. The average Bonchev–Trinajstić information content (AvgIpc) is 3.10. The van der Waals surface area contributed by atoms with Crippen molar-refractivity contribution in [1.82, 2.24) is 0 Å². The number of nitrogen functional groups attached to an aromatic ring is 2. The molecule has 9 nitrogen and oxygen atoms in total. The number of aliphatic hydroxyl groups is 1. The van der Waals surface area contributed by atoms with Crippen molar-refractivity contribution in [3.05, 3.63) is 101 Å². The predicted molar refractivity (Wildman–Crippen MR) is 206 cm³/mol. The molecule has 0 saturated heterocycles. The van der Waals surface area contributed by atoms with Crippen molar-refractivity contribution in [2.75, 3.05) is 72.6 Å². The van der Waals surface area contributed by atoms with Crippen LogP contribution in [0.4, 0.5) is 34.1 Å². The van der Waals surface area contributed by atoms with Crippen molar-refractivity contribution in [3.63, 3.8) is 0 Å². The maximum absolute atomic E-state index is 12.4. The molecule has 0 fully saturated rings. The van der Waals surface area contributed by atoms with Gasteiger partial charge in [0, 0.05) is 89.2 Å². The summed E-state index contributed by atoms with van der Waals surface area (Å²) in [7, 11) is 8.21. The zero-order valence-electron chi connectivity index (χ0n) is 28.2. The quantitative estimate of drug-likeness (QED) is 0.0983. The van der Waals surface area contributed by atoms with Crippen LogP contribution in [0.15, 0.2) is 89.7 Å². The molecule has 6 aromatic carbocycles. The Balaban J connectivity index is 1.40. The predicted octanol–water partition coefficient (Wildman–Crippen LogP) is 7.56. The van der Waals surface area contributed by atoms with Crippen LogP contribution in [0.2, 0.25) is 0 Å². The summed E-state index contributed by atoms with van der Waals surface area (Å²) in [5.41, 5.74) is 21.0. The molecule has 0 aromatic heterocycles. The van der Waals surface area contributed by atoms with Crippen molar-refractivity contribution >= 4 is 82.8 Å². The number of nitrogens with zero attached hydrogens (tertiary/aromatic N) is 6. The summed E-state index contributed by atoms with van der Waals surface area (Å²) in [6.45, 7) is 1.35. The van der Waals surface area contributed by atoms with Crippen LogP contribution < -0.4 is 31.1 Å². The van der Waals surface area contributed by atoms with Crippen LogP contribution in [0.3, 0.4) is 0 Å². The topological polar surface area (TPSA) is 133 Å². The van der Waals surface area contributed by atoms with Crippen molar-refractivity contribution in [3.8, 4) is 12.1 Å². The number of anilines is 6. The summed E-state index contributed by atoms with van der Waals surface area (Å²) in [5, 5.41) is 41.2. The largest absolute Gasteiger partial charge is 0.511 e. The van der Waals surface area contributed by atoms with Crippen LogP contribution in [0.1, 0.15) is 17.0 Å². The highest BCUT2D eigenvalue weighted by Crippen LogP contribution is 2.60. The van der Waals surface area contributed by atoms with Crippen LogP contribution >= 0.6 is 0 Å². The Morgan fingerprint density at radius 1 is 0.680 bits per heavy atom. The van der Waals surface area contributed by atoms with Gasteiger partial charge in [0.05, 0.1) is 30.6 Å². The summed E-state index contributed by atoms with van der Waals surface area (Å²) in [6, 6.07) is 28.9. The number of nitrogens with two attached hydrogens (primary N) is 2. The van der Waals surface area contributed by atoms with Gasteiger partial charge in [-0.15, -0.1) is 0 Å². The summed E-state index contributed by atoms with van der Waals surface area (Å²) in [6.07, 6.45) is 0. The summed E-state index contributed by atoms with van der Waals surface area (Å²) in [4.78, 5) is 8.76. The smallest absolute Gasteiger partial charge is 0.134 e. The zero-order chi connectivity index (χ0) is 34.7. The van der Waals surface area contributed by atoms with Gasteiger partial charge < -0.3 is 36.2 Å². The summed E-state index contributed by atoms with van der Waals surface area (Å²) < 4.78 is 0. The first-order valence-electron chi connectivity index (χ1n) is 16.5. The minimum atomic E-state index is -0.813. The highest BCUT2D eigenvalue weighted by molar-refractivity contribution is 6.23. The van der Waals surface area contributed by atoms with Gasteiger partial charge in [-0.3, -0.25) is 0 Å². The number of benzene rings is 6. The molecule has 9 rings (SSSR count). The third kappa shape index (κ3) is 3.69. The van der Waals surface area contributed by atoms with Crippen LogP contribution in [-0.4, -0.2) is 46.6 Å². The number of nitriles is 2. The van der Waals surface area contributed by atoms with E-state index >= 15 is 0 Å². The van der Waals surface area contributed by atoms with E-state index in [1.165, 1.54) is 0 Å². The summed E-state index contributed by atoms with van der Waals surface area (Å²) in [5.74, 6) is -0.779. The van der Waals surface area contributed by atoms with Crippen molar-refractivity contribution < 1.29 is 5.11 Å². The van der Waals surface area contributed by atoms with E-state index < -0.39 is 5.92 Å². The van der Waals surface area contributed by atoms with E-state index in [0.717, 1.165) is 65.8 Å².